The van der Waals surface area contributed by atoms with Crippen molar-refractivity contribution in [2.75, 3.05) is 26.1 Å². The molecule has 0 fully saturated rings. The molecule has 1 aromatic heterocycles. The third-order valence-electron chi connectivity index (χ3n) is 7.12. The second-order valence-corrected chi connectivity index (χ2v) is 10.5. The molecule has 9 heteroatoms. The van der Waals surface area contributed by atoms with Crippen LogP contribution in [0.5, 0.6) is 17.2 Å². The summed E-state index contributed by atoms with van der Waals surface area (Å²) in [7, 11) is 3.17. The summed E-state index contributed by atoms with van der Waals surface area (Å²) in [5.41, 5.74) is 4.32. The maximum absolute atomic E-state index is 13.8. The number of nitrogens with zero attached hydrogens (tertiary/aromatic N) is 3. The summed E-state index contributed by atoms with van der Waals surface area (Å²) in [5.74, 6) is 1.90. The Hall–Kier alpha value is -5.44. The summed E-state index contributed by atoms with van der Waals surface area (Å²) in [4.78, 5) is 31.0. The van der Waals surface area contributed by atoms with Crippen molar-refractivity contribution in [1.29, 1.82) is 0 Å². The number of amides is 1. The van der Waals surface area contributed by atoms with E-state index in [9.17, 15) is 9.59 Å². The number of aryl methyl sites for hydroxylation is 1. The largest absolute Gasteiger partial charge is 0.496 e. The minimum Gasteiger partial charge on any atom is -0.496 e. The summed E-state index contributed by atoms with van der Waals surface area (Å²) in [6, 6.07) is 25.5. The van der Waals surface area contributed by atoms with E-state index in [2.05, 4.69) is 24.3 Å². The van der Waals surface area contributed by atoms with E-state index in [0.29, 0.717) is 39.5 Å². The van der Waals surface area contributed by atoms with E-state index >= 15 is 0 Å². The number of rotatable bonds is 10. The fourth-order valence-corrected chi connectivity index (χ4v) is 4.84. The summed E-state index contributed by atoms with van der Waals surface area (Å²) in [6.45, 7) is 5.94. The van der Waals surface area contributed by atoms with Gasteiger partial charge in [-0.15, -0.1) is 0 Å². The van der Waals surface area contributed by atoms with Crippen LogP contribution in [-0.2, 0) is 4.79 Å². The van der Waals surface area contributed by atoms with Gasteiger partial charge in [-0.05, 0) is 84.1 Å². The Kier molecular flexibility index (Phi) is 9.04. The van der Waals surface area contributed by atoms with E-state index in [1.165, 1.54) is 11.8 Å². The number of para-hydroxylation sites is 2. The molecule has 0 radical (unpaired) electrons. The Morgan fingerprint density at radius 2 is 1.66 bits per heavy atom. The smallest absolute Gasteiger partial charge is 0.282 e. The monoisotopic (exact) mass is 590 g/mol. The van der Waals surface area contributed by atoms with E-state index < -0.39 is 0 Å². The van der Waals surface area contributed by atoms with E-state index in [-0.39, 0.29) is 24.0 Å². The van der Waals surface area contributed by atoms with Crippen LogP contribution in [0.3, 0.4) is 0 Å². The van der Waals surface area contributed by atoms with Crippen LogP contribution in [0.15, 0.2) is 94.8 Å². The molecule has 0 aliphatic heterocycles. The van der Waals surface area contributed by atoms with Crippen molar-refractivity contribution < 1.29 is 19.0 Å². The minimum atomic E-state index is -0.297. The standard InChI is InChI=1S/C35H34N4O5/c1-22(2)27-19-28(23(3)17-31(27)42-4)34-38-29-14-10-9-13-26(29)35(41)39(34)36-20-24-15-16-30(32(18-24)43-5)44-21-33(40)37-25-11-7-6-8-12-25/h6-20,22H,21H2,1-5H3,(H,37,40). The topological polar surface area (TPSA) is 104 Å². The summed E-state index contributed by atoms with van der Waals surface area (Å²) < 4.78 is 18.2. The predicted molar refractivity (Wildman–Crippen MR) is 173 cm³/mol. The molecule has 44 heavy (non-hydrogen) atoms. The van der Waals surface area contributed by atoms with Gasteiger partial charge in [0.2, 0.25) is 0 Å². The van der Waals surface area contributed by atoms with E-state index in [0.717, 1.165) is 22.4 Å². The molecule has 1 amide bonds. The molecular weight excluding hydrogens is 556 g/mol. The average Bonchev–Trinajstić information content (AvgIpc) is 3.03. The lowest BCUT2D eigenvalue weighted by Crippen LogP contribution is -2.21. The van der Waals surface area contributed by atoms with Crippen molar-refractivity contribution in [2.45, 2.75) is 26.7 Å². The number of anilines is 1. The third kappa shape index (κ3) is 6.47. The Morgan fingerprint density at radius 3 is 2.39 bits per heavy atom. The number of methoxy groups -OCH3 is 2. The highest BCUT2D eigenvalue weighted by molar-refractivity contribution is 5.92. The molecule has 1 N–H and O–H groups in total. The molecule has 9 nitrogen and oxygen atoms in total. The molecule has 5 aromatic rings. The molecule has 5 rings (SSSR count). The van der Waals surface area contributed by atoms with Crippen molar-refractivity contribution >= 4 is 28.7 Å². The quantitative estimate of drug-likeness (QED) is 0.189. The van der Waals surface area contributed by atoms with Gasteiger partial charge in [0.25, 0.3) is 11.5 Å². The lowest BCUT2D eigenvalue weighted by molar-refractivity contribution is -0.118. The zero-order valence-electron chi connectivity index (χ0n) is 25.3. The molecule has 0 aliphatic rings. The molecule has 0 aliphatic carbocycles. The molecule has 1 heterocycles. The molecule has 224 valence electrons. The third-order valence-corrected chi connectivity index (χ3v) is 7.12. The van der Waals surface area contributed by atoms with Gasteiger partial charge < -0.3 is 19.5 Å². The van der Waals surface area contributed by atoms with Gasteiger partial charge in [0.05, 0.1) is 31.3 Å². The van der Waals surface area contributed by atoms with Crippen molar-refractivity contribution in [3.8, 4) is 28.6 Å². The fourth-order valence-electron chi connectivity index (χ4n) is 4.84. The predicted octanol–water partition coefficient (Wildman–Crippen LogP) is 6.41. The first-order chi connectivity index (χ1) is 21.3. The molecule has 4 aromatic carbocycles. The van der Waals surface area contributed by atoms with E-state index in [4.69, 9.17) is 19.2 Å². The van der Waals surface area contributed by atoms with Crippen LogP contribution < -0.4 is 25.1 Å². The molecule has 0 saturated carbocycles. The summed E-state index contributed by atoms with van der Waals surface area (Å²) in [6.07, 6.45) is 1.57. The number of aromatic nitrogens is 2. The number of ether oxygens (including phenoxy) is 3. The van der Waals surface area contributed by atoms with Crippen LogP contribution in [0.25, 0.3) is 22.3 Å². The van der Waals surface area contributed by atoms with Crippen molar-refractivity contribution in [1.82, 2.24) is 9.66 Å². The summed E-state index contributed by atoms with van der Waals surface area (Å²) >= 11 is 0. The second-order valence-electron chi connectivity index (χ2n) is 10.5. The van der Waals surface area contributed by atoms with Crippen LogP contribution in [0, 0.1) is 6.92 Å². The van der Waals surface area contributed by atoms with Crippen molar-refractivity contribution in [2.24, 2.45) is 5.10 Å². The molecule has 0 atom stereocenters. The first-order valence-electron chi connectivity index (χ1n) is 14.2. The Morgan fingerprint density at radius 1 is 0.932 bits per heavy atom. The Labute approximate surface area is 255 Å². The number of carbonyl (C=O) groups is 1. The molecular formula is C35H34N4O5. The van der Waals surface area contributed by atoms with Crippen LogP contribution in [0.2, 0.25) is 0 Å². The van der Waals surface area contributed by atoms with Gasteiger partial charge in [-0.1, -0.05) is 44.2 Å². The first-order valence-corrected chi connectivity index (χ1v) is 14.2. The van der Waals surface area contributed by atoms with Gasteiger partial charge in [0, 0.05) is 11.3 Å². The van der Waals surface area contributed by atoms with Gasteiger partial charge >= 0.3 is 0 Å². The highest BCUT2D eigenvalue weighted by atomic mass is 16.5. The summed E-state index contributed by atoms with van der Waals surface area (Å²) in [5, 5.41) is 7.85. The van der Waals surface area contributed by atoms with Crippen LogP contribution >= 0.6 is 0 Å². The maximum atomic E-state index is 13.8. The number of fused-ring (bicyclic) bond motifs is 1. The number of hydrogen-bond donors (Lipinski definition) is 1. The fraction of sp³-hybridized carbons (Fsp3) is 0.200. The molecule has 0 saturated heterocycles. The van der Waals surface area contributed by atoms with Gasteiger partial charge in [-0.2, -0.15) is 9.78 Å². The molecule has 0 unspecified atom stereocenters. The highest BCUT2D eigenvalue weighted by Crippen LogP contribution is 2.34. The average molecular weight is 591 g/mol. The van der Waals surface area contributed by atoms with E-state index in [1.807, 2.05) is 49.4 Å². The van der Waals surface area contributed by atoms with Crippen LogP contribution in [-0.4, -0.2) is 42.6 Å². The zero-order chi connectivity index (χ0) is 31.2. The molecule has 0 bridgehead atoms. The van der Waals surface area contributed by atoms with Gasteiger partial charge in [-0.3, -0.25) is 9.59 Å². The zero-order valence-corrected chi connectivity index (χ0v) is 25.3. The molecule has 0 spiro atoms. The normalized spacial score (nSPS) is 11.2. The number of hydrogen-bond acceptors (Lipinski definition) is 7. The maximum Gasteiger partial charge on any atom is 0.282 e. The van der Waals surface area contributed by atoms with Crippen molar-refractivity contribution in [3.05, 3.63) is 112 Å². The highest BCUT2D eigenvalue weighted by Gasteiger charge is 2.18. The van der Waals surface area contributed by atoms with Crippen LogP contribution in [0.1, 0.15) is 36.5 Å². The number of nitrogens with one attached hydrogen (secondary N) is 1. The lowest BCUT2D eigenvalue weighted by atomic mass is 9.96. The Bertz CT molecular complexity index is 1900. The number of benzene rings is 4. The van der Waals surface area contributed by atoms with Gasteiger partial charge in [0.15, 0.2) is 23.9 Å². The van der Waals surface area contributed by atoms with E-state index in [1.54, 1.807) is 55.8 Å². The van der Waals surface area contributed by atoms with Gasteiger partial charge in [-0.25, -0.2) is 4.98 Å². The van der Waals surface area contributed by atoms with Crippen molar-refractivity contribution in [3.63, 3.8) is 0 Å². The SMILES string of the molecule is COc1cc(C=Nn2c(-c3cc(C(C)C)c(OC)cc3C)nc3ccccc3c2=O)ccc1OCC(=O)Nc1ccccc1. The first kappa shape index (κ1) is 30.0. The number of carbonyl (C=O) groups excluding carboxylic acids is 1. The minimum absolute atomic E-state index is 0.186. The second kappa shape index (κ2) is 13.2. The lowest BCUT2D eigenvalue weighted by Gasteiger charge is -2.17. The Balaban J connectivity index is 1.49. The van der Waals surface area contributed by atoms with Crippen LogP contribution in [0.4, 0.5) is 5.69 Å². The van der Waals surface area contributed by atoms with Gasteiger partial charge in [0.1, 0.15) is 5.75 Å².